The summed E-state index contributed by atoms with van der Waals surface area (Å²) in [5.41, 5.74) is -1.29. The van der Waals surface area contributed by atoms with Gasteiger partial charge in [0.1, 0.15) is 12.2 Å². The topological polar surface area (TPSA) is 134 Å². The van der Waals surface area contributed by atoms with Crippen LogP contribution in [0.25, 0.3) is 0 Å². The number of hydrogen-bond acceptors (Lipinski definition) is 8. The van der Waals surface area contributed by atoms with Crippen molar-refractivity contribution in [3.63, 3.8) is 0 Å². The number of hydrogen-bond donors (Lipinski definition) is 2. The van der Waals surface area contributed by atoms with Gasteiger partial charge in [-0.1, -0.05) is 27.7 Å². The first-order valence-corrected chi connectivity index (χ1v) is 13.4. The van der Waals surface area contributed by atoms with Crippen molar-refractivity contribution in [2.75, 3.05) is 27.2 Å². The maximum absolute atomic E-state index is 13.5. The van der Waals surface area contributed by atoms with Crippen LogP contribution in [0.5, 0.6) is 0 Å². The average molecular weight is 541 g/mol. The SMILES string of the molecule is CN1CC(C)(C)C(OC(=O)CC(C(=O)OC2CC(C)(C)N(C)CC2(C)C)C(CC(=O)O)C(=O)O)CC1(C)C. The zero-order valence-corrected chi connectivity index (χ0v) is 24.8. The Morgan fingerprint density at radius 1 is 0.737 bits per heavy atom. The summed E-state index contributed by atoms with van der Waals surface area (Å²) in [6, 6.07) is 0. The predicted molar refractivity (Wildman–Crippen MR) is 141 cm³/mol. The first-order chi connectivity index (χ1) is 17.1. The van der Waals surface area contributed by atoms with Gasteiger partial charge in [0, 0.05) is 47.8 Å². The Bertz CT molecular complexity index is 926. The summed E-state index contributed by atoms with van der Waals surface area (Å²) < 4.78 is 11.8. The van der Waals surface area contributed by atoms with Gasteiger partial charge < -0.3 is 29.5 Å². The van der Waals surface area contributed by atoms with E-state index in [-0.39, 0.29) is 16.5 Å². The first-order valence-electron chi connectivity index (χ1n) is 13.4. The van der Waals surface area contributed by atoms with Gasteiger partial charge in [-0.25, -0.2) is 0 Å². The molecule has 2 saturated heterocycles. The molecule has 2 heterocycles. The lowest BCUT2D eigenvalue weighted by Crippen LogP contribution is -2.58. The van der Waals surface area contributed by atoms with Crippen molar-refractivity contribution < 1.29 is 38.9 Å². The number of carboxylic acids is 2. The molecule has 218 valence electrons. The van der Waals surface area contributed by atoms with Crippen LogP contribution in [-0.4, -0.2) is 94.4 Å². The van der Waals surface area contributed by atoms with Crippen LogP contribution < -0.4 is 0 Å². The van der Waals surface area contributed by atoms with Gasteiger partial charge in [0.05, 0.1) is 24.7 Å². The van der Waals surface area contributed by atoms with Crippen LogP contribution in [0.3, 0.4) is 0 Å². The van der Waals surface area contributed by atoms with Crippen molar-refractivity contribution in [3.05, 3.63) is 0 Å². The number of carbonyl (C=O) groups excluding carboxylic acids is 2. The Morgan fingerprint density at radius 3 is 1.55 bits per heavy atom. The van der Waals surface area contributed by atoms with Crippen molar-refractivity contribution in [2.45, 2.75) is 104 Å². The van der Waals surface area contributed by atoms with Gasteiger partial charge in [0.25, 0.3) is 0 Å². The standard InChI is InChI=1S/C28H48N2O8/c1-25(2)15-29(9)27(5,6)13-19(25)37-22(33)12-18(17(23(34)35)11-21(31)32)24(36)38-20-14-28(7,8)30(10)16-26(20,3)4/h17-20H,11-16H2,1-10H3,(H,31,32)(H,34,35). The smallest absolute Gasteiger partial charge is 0.310 e. The van der Waals surface area contributed by atoms with E-state index in [0.717, 1.165) is 0 Å². The van der Waals surface area contributed by atoms with Gasteiger partial charge in [-0.2, -0.15) is 0 Å². The van der Waals surface area contributed by atoms with E-state index >= 15 is 0 Å². The van der Waals surface area contributed by atoms with Crippen LogP contribution in [0, 0.1) is 22.7 Å². The molecule has 4 unspecified atom stereocenters. The molecule has 0 aliphatic carbocycles. The number of nitrogens with zero attached hydrogens (tertiary/aromatic N) is 2. The Labute approximate surface area is 227 Å². The summed E-state index contributed by atoms with van der Waals surface area (Å²) in [6.45, 7) is 17.4. The Kier molecular flexibility index (Phi) is 9.37. The van der Waals surface area contributed by atoms with E-state index in [2.05, 4.69) is 23.6 Å². The lowest BCUT2D eigenvalue weighted by Gasteiger charge is -2.51. The van der Waals surface area contributed by atoms with Gasteiger partial charge in [0.2, 0.25) is 0 Å². The Morgan fingerprint density at radius 2 is 1.16 bits per heavy atom. The molecule has 4 atom stereocenters. The molecule has 10 nitrogen and oxygen atoms in total. The van der Waals surface area contributed by atoms with Gasteiger partial charge in [0.15, 0.2) is 0 Å². The highest BCUT2D eigenvalue weighted by Crippen LogP contribution is 2.41. The molecule has 0 amide bonds. The van der Waals surface area contributed by atoms with Crippen LogP contribution in [0.2, 0.25) is 0 Å². The number of carbonyl (C=O) groups is 4. The van der Waals surface area contributed by atoms with Crippen molar-refractivity contribution in [2.24, 2.45) is 22.7 Å². The van der Waals surface area contributed by atoms with Gasteiger partial charge >= 0.3 is 23.9 Å². The van der Waals surface area contributed by atoms with Crippen LogP contribution in [0.15, 0.2) is 0 Å². The van der Waals surface area contributed by atoms with Gasteiger partial charge in [-0.3, -0.25) is 19.2 Å². The molecule has 38 heavy (non-hydrogen) atoms. The molecule has 2 N–H and O–H groups in total. The summed E-state index contributed by atoms with van der Waals surface area (Å²) in [7, 11) is 4.01. The average Bonchev–Trinajstić information content (AvgIpc) is 2.72. The summed E-state index contributed by atoms with van der Waals surface area (Å²) >= 11 is 0. The number of carboxylic acid groups (broad SMARTS) is 2. The minimum Gasteiger partial charge on any atom is -0.481 e. The summed E-state index contributed by atoms with van der Waals surface area (Å²) in [6.07, 6.45) is -1.29. The highest BCUT2D eigenvalue weighted by molar-refractivity contribution is 5.87. The quantitative estimate of drug-likeness (QED) is 0.420. The molecular weight excluding hydrogens is 492 g/mol. The number of aliphatic carboxylic acids is 2. The number of piperidine rings is 2. The third-order valence-corrected chi connectivity index (χ3v) is 8.89. The summed E-state index contributed by atoms with van der Waals surface area (Å²) in [5, 5.41) is 19.2. The molecule has 0 spiro atoms. The van der Waals surface area contributed by atoms with Crippen molar-refractivity contribution >= 4 is 23.9 Å². The monoisotopic (exact) mass is 540 g/mol. The lowest BCUT2D eigenvalue weighted by atomic mass is 9.74. The minimum atomic E-state index is -1.63. The molecule has 0 aromatic heterocycles. The molecule has 0 aromatic rings. The van der Waals surface area contributed by atoms with E-state index in [9.17, 15) is 29.4 Å². The van der Waals surface area contributed by atoms with E-state index in [1.165, 1.54) is 0 Å². The highest BCUT2D eigenvalue weighted by atomic mass is 16.6. The molecule has 2 fully saturated rings. The summed E-state index contributed by atoms with van der Waals surface area (Å²) in [4.78, 5) is 54.7. The second-order valence-electron chi connectivity index (χ2n) is 14.0. The predicted octanol–water partition coefficient (Wildman–Crippen LogP) is 3.27. The van der Waals surface area contributed by atoms with E-state index < -0.39 is 66.2 Å². The third-order valence-electron chi connectivity index (χ3n) is 8.89. The van der Waals surface area contributed by atoms with E-state index in [0.29, 0.717) is 25.9 Å². The van der Waals surface area contributed by atoms with Gasteiger partial charge in [-0.05, 0) is 41.8 Å². The number of esters is 2. The number of ether oxygens (including phenoxy) is 2. The molecular formula is C28H48N2O8. The van der Waals surface area contributed by atoms with E-state index in [1.807, 2.05) is 55.6 Å². The third kappa shape index (κ3) is 7.46. The molecule has 2 aliphatic rings. The number of likely N-dealkylation sites (tertiary alicyclic amines) is 2. The first kappa shape index (κ1) is 32.0. The largest absolute Gasteiger partial charge is 0.481 e. The second kappa shape index (κ2) is 11.1. The van der Waals surface area contributed by atoms with Crippen LogP contribution in [0.1, 0.15) is 81.1 Å². The minimum absolute atomic E-state index is 0.224. The van der Waals surface area contributed by atoms with E-state index in [1.54, 1.807) is 0 Å². The fourth-order valence-electron chi connectivity index (χ4n) is 5.62. The molecule has 10 heteroatoms. The fraction of sp³-hybridized carbons (Fsp3) is 0.857. The summed E-state index contributed by atoms with van der Waals surface area (Å²) in [5.74, 6) is -7.57. The molecule has 0 radical (unpaired) electrons. The zero-order chi connectivity index (χ0) is 29.4. The lowest BCUT2D eigenvalue weighted by molar-refractivity contribution is -0.181. The maximum atomic E-state index is 13.5. The zero-order valence-electron chi connectivity index (χ0n) is 24.8. The maximum Gasteiger partial charge on any atom is 0.310 e. The van der Waals surface area contributed by atoms with E-state index in [4.69, 9.17) is 9.47 Å². The Balaban J connectivity index is 2.30. The van der Waals surface area contributed by atoms with Crippen LogP contribution >= 0.6 is 0 Å². The highest BCUT2D eigenvalue weighted by Gasteiger charge is 2.49. The van der Waals surface area contributed by atoms with Crippen LogP contribution in [-0.2, 0) is 28.7 Å². The van der Waals surface area contributed by atoms with Crippen LogP contribution in [0.4, 0.5) is 0 Å². The molecule has 2 rings (SSSR count). The number of rotatable bonds is 9. The molecule has 0 bridgehead atoms. The second-order valence-corrected chi connectivity index (χ2v) is 14.0. The molecule has 0 saturated carbocycles. The normalized spacial score (nSPS) is 28.1. The van der Waals surface area contributed by atoms with Gasteiger partial charge in [-0.15, -0.1) is 0 Å². The molecule has 2 aliphatic heterocycles. The Hall–Kier alpha value is -2.20. The fourth-order valence-corrected chi connectivity index (χ4v) is 5.62. The van der Waals surface area contributed by atoms with Crippen molar-refractivity contribution in [1.29, 1.82) is 0 Å². The van der Waals surface area contributed by atoms with Crippen molar-refractivity contribution in [3.8, 4) is 0 Å². The molecule has 0 aromatic carbocycles. The van der Waals surface area contributed by atoms with Crippen molar-refractivity contribution in [1.82, 2.24) is 9.80 Å².